The third kappa shape index (κ3) is 5.40. The predicted molar refractivity (Wildman–Crippen MR) is 107 cm³/mol. The van der Waals surface area contributed by atoms with Crippen LogP contribution >= 0.6 is 0 Å². The average molecular weight is 370 g/mol. The van der Waals surface area contributed by atoms with Gasteiger partial charge in [0.2, 0.25) is 0 Å². The molecular weight excluding hydrogens is 340 g/mol. The number of aromatic nitrogens is 2. The van der Waals surface area contributed by atoms with Crippen molar-refractivity contribution in [2.24, 2.45) is 0 Å². The first-order valence-electron chi connectivity index (χ1n) is 9.85. The normalized spacial score (nSPS) is 16.5. The molecule has 1 aliphatic heterocycles. The van der Waals surface area contributed by atoms with E-state index in [2.05, 4.69) is 28.2 Å². The molecular formula is C21H30N4O2. The molecule has 27 heavy (non-hydrogen) atoms. The molecule has 1 aromatic carbocycles. The van der Waals surface area contributed by atoms with Crippen LogP contribution in [-0.2, 0) is 6.42 Å². The number of aryl methyl sites for hydroxylation is 2. The molecule has 3 N–H and O–H groups in total. The molecule has 1 aromatic heterocycles. The van der Waals surface area contributed by atoms with E-state index in [-0.39, 0.29) is 5.75 Å². The summed E-state index contributed by atoms with van der Waals surface area (Å²) in [5.74, 6) is 2.19. The van der Waals surface area contributed by atoms with Crippen molar-refractivity contribution in [3.8, 4) is 5.75 Å². The van der Waals surface area contributed by atoms with Crippen molar-refractivity contribution < 1.29 is 10.2 Å². The summed E-state index contributed by atoms with van der Waals surface area (Å²) in [4.78, 5) is 11.6. The third-order valence-electron chi connectivity index (χ3n) is 5.06. The predicted octanol–water partition coefficient (Wildman–Crippen LogP) is 2.74. The molecule has 146 valence electrons. The maximum Gasteiger partial charge on any atom is 0.132 e. The molecule has 1 atom stereocenters. The smallest absolute Gasteiger partial charge is 0.132 e. The highest BCUT2D eigenvalue weighted by Crippen LogP contribution is 2.21. The van der Waals surface area contributed by atoms with Gasteiger partial charge in [0, 0.05) is 43.9 Å². The Morgan fingerprint density at radius 1 is 1.19 bits per heavy atom. The van der Waals surface area contributed by atoms with Crippen LogP contribution in [0.2, 0.25) is 0 Å². The number of benzene rings is 1. The van der Waals surface area contributed by atoms with Crippen molar-refractivity contribution in [3.05, 3.63) is 47.4 Å². The van der Waals surface area contributed by atoms with Crippen molar-refractivity contribution in [1.82, 2.24) is 15.3 Å². The van der Waals surface area contributed by atoms with Gasteiger partial charge in [-0.15, -0.1) is 0 Å². The molecule has 0 aliphatic carbocycles. The molecule has 3 rings (SSSR count). The monoisotopic (exact) mass is 370 g/mol. The fourth-order valence-corrected chi connectivity index (χ4v) is 3.51. The lowest BCUT2D eigenvalue weighted by molar-refractivity contribution is 0.167. The van der Waals surface area contributed by atoms with Crippen LogP contribution in [0.1, 0.15) is 49.4 Å². The highest BCUT2D eigenvalue weighted by molar-refractivity contribution is 5.40. The number of piperidine rings is 1. The Morgan fingerprint density at radius 2 is 1.89 bits per heavy atom. The quantitative estimate of drug-likeness (QED) is 0.695. The van der Waals surface area contributed by atoms with E-state index in [1.165, 1.54) is 0 Å². The largest absolute Gasteiger partial charge is 0.508 e. The topological polar surface area (TPSA) is 81.5 Å². The maximum absolute atomic E-state index is 10.3. The summed E-state index contributed by atoms with van der Waals surface area (Å²) >= 11 is 0. The molecule has 1 saturated heterocycles. The summed E-state index contributed by atoms with van der Waals surface area (Å²) in [6.07, 6.45) is 3.45. The van der Waals surface area contributed by atoms with Crippen LogP contribution in [0, 0.1) is 6.92 Å². The Labute approximate surface area is 161 Å². The van der Waals surface area contributed by atoms with Crippen molar-refractivity contribution >= 4 is 5.82 Å². The van der Waals surface area contributed by atoms with E-state index in [0.29, 0.717) is 12.6 Å². The Balaban J connectivity index is 1.49. The van der Waals surface area contributed by atoms with Crippen molar-refractivity contribution in [2.75, 3.05) is 24.5 Å². The molecule has 0 unspecified atom stereocenters. The standard InChI is InChI=1S/C21H30N4O2/c1-3-4-20-23-15(2)13-21(24-20)25-11-9-17(10-12-25)22-14-19(27)16-5-7-18(26)8-6-16/h5-8,13,17,19,22,26-27H,3-4,9-12,14H2,1-2H3/t19-/m0/s1. The summed E-state index contributed by atoms with van der Waals surface area (Å²) in [5.41, 5.74) is 1.85. The number of aliphatic hydroxyl groups excluding tert-OH is 1. The van der Waals surface area contributed by atoms with Gasteiger partial charge in [0.25, 0.3) is 0 Å². The Morgan fingerprint density at radius 3 is 2.56 bits per heavy atom. The van der Waals surface area contributed by atoms with Crippen LogP contribution < -0.4 is 10.2 Å². The van der Waals surface area contributed by atoms with Crippen LogP contribution in [0.4, 0.5) is 5.82 Å². The van der Waals surface area contributed by atoms with Crippen LogP contribution in [0.3, 0.4) is 0 Å². The molecule has 1 fully saturated rings. The number of aliphatic hydroxyl groups is 1. The van der Waals surface area contributed by atoms with Gasteiger partial charge in [-0.05, 0) is 43.9 Å². The van der Waals surface area contributed by atoms with E-state index in [1.54, 1.807) is 24.3 Å². The molecule has 6 nitrogen and oxygen atoms in total. The fraction of sp³-hybridized carbons (Fsp3) is 0.524. The van der Waals surface area contributed by atoms with Crippen LogP contribution in [0.15, 0.2) is 30.3 Å². The van der Waals surface area contributed by atoms with Gasteiger partial charge in [-0.2, -0.15) is 0 Å². The lowest BCUT2D eigenvalue weighted by Gasteiger charge is -2.34. The van der Waals surface area contributed by atoms with E-state index in [0.717, 1.165) is 61.7 Å². The number of nitrogens with one attached hydrogen (secondary N) is 1. The van der Waals surface area contributed by atoms with Gasteiger partial charge in [-0.1, -0.05) is 19.1 Å². The van der Waals surface area contributed by atoms with Gasteiger partial charge in [0.1, 0.15) is 17.4 Å². The summed E-state index contributed by atoms with van der Waals surface area (Å²) in [5, 5.41) is 23.1. The number of hydrogen-bond donors (Lipinski definition) is 3. The first-order chi connectivity index (χ1) is 13.0. The van der Waals surface area contributed by atoms with Crippen molar-refractivity contribution in [3.63, 3.8) is 0 Å². The lowest BCUT2D eigenvalue weighted by atomic mass is 10.0. The molecule has 0 spiro atoms. The molecule has 1 aliphatic rings. The molecule has 0 bridgehead atoms. The van der Waals surface area contributed by atoms with E-state index in [1.807, 2.05) is 6.92 Å². The minimum absolute atomic E-state index is 0.216. The van der Waals surface area contributed by atoms with Crippen LogP contribution in [-0.4, -0.2) is 45.9 Å². The van der Waals surface area contributed by atoms with Gasteiger partial charge >= 0.3 is 0 Å². The van der Waals surface area contributed by atoms with Gasteiger partial charge in [0.05, 0.1) is 6.10 Å². The maximum atomic E-state index is 10.3. The van der Waals surface area contributed by atoms with E-state index in [9.17, 15) is 10.2 Å². The Bertz CT molecular complexity index is 727. The van der Waals surface area contributed by atoms with Crippen molar-refractivity contribution in [1.29, 1.82) is 0 Å². The van der Waals surface area contributed by atoms with Gasteiger partial charge < -0.3 is 20.4 Å². The van der Waals surface area contributed by atoms with E-state index < -0.39 is 6.10 Å². The highest BCUT2D eigenvalue weighted by Gasteiger charge is 2.21. The number of aromatic hydroxyl groups is 1. The molecule has 0 amide bonds. The second-order valence-electron chi connectivity index (χ2n) is 7.31. The van der Waals surface area contributed by atoms with Crippen LogP contribution in [0.25, 0.3) is 0 Å². The number of phenols is 1. The molecule has 6 heteroatoms. The van der Waals surface area contributed by atoms with Gasteiger partial charge in [-0.3, -0.25) is 0 Å². The van der Waals surface area contributed by atoms with Gasteiger partial charge in [0.15, 0.2) is 0 Å². The molecule has 0 radical (unpaired) electrons. The summed E-state index contributed by atoms with van der Waals surface area (Å²) in [6, 6.07) is 9.19. The van der Waals surface area contributed by atoms with Crippen LogP contribution in [0.5, 0.6) is 5.75 Å². The second kappa shape index (κ2) is 9.15. The number of hydrogen-bond acceptors (Lipinski definition) is 6. The molecule has 0 saturated carbocycles. The zero-order chi connectivity index (χ0) is 19.2. The summed E-state index contributed by atoms with van der Waals surface area (Å²) in [6.45, 7) is 6.60. The number of phenolic OH excluding ortho intramolecular Hbond substituents is 1. The first-order valence-corrected chi connectivity index (χ1v) is 9.85. The van der Waals surface area contributed by atoms with E-state index >= 15 is 0 Å². The van der Waals surface area contributed by atoms with E-state index in [4.69, 9.17) is 4.98 Å². The number of rotatable bonds is 7. The summed E-state index contributed by atoms with van der Waals surface area (Å²) in [7, 11) is 0. The SMILES string of the molecule is CCCc1nc(C)cc(N2CCC(NC[C@H](O)c3ccc(O)cc3)CC2)n1. The minimum atomic E-state index is -0.565. The minimum Gasteiger partial charge on any atom is -0.508 e. The van der Waals surface area contributed by atoms with Crippen molar-refractivity contribution in [2.45, 2.75) is 51.7 Å². The molecule has 2 aromatic rings. The Kier molecular flexibility index (Phi) is 6.63. The molecule has 2 heterocycles. The average Bonchev–Trinajstić information content (AvgIpc) is 2.67. The first kappa shape index (κ1) is 19.6. The Hall–Kier alpha value is -2.18. The summed E-state index contributed by atoms with van der Waals surface area (Å²) < 4.78 is 0. The zero-order valence-corrected chi connectivity index (χ0v) is 16.2. The highest BCUT2D eigenvalue weighted by atomic mass is 16.3. The fourth-order valence-electron chi connectivity index (χ4n) is 3.51. The second-order valence-corrected chi connectivity index (χ2v) is 7.31. The zero-order valence-electron chi connectivity index (χ0n) is 16.2. The number of anilines is 1. The van der Waals surface area contributed by atoms with Gasteiger partial charge in [-0.25, -0.2) is 9.97 Å². The third-order valence-corrected chi connectivity index (χ3v) is 5.06. The number of nitrogens with zero attached hydrogens (tertiary/aromatic N) is 3. The lowest BCUT2D eigenvalue weighted by Crippen LogP contribution is -2.44.